The Bertz CT molecular complexity index is 623. The van der Waals surface area contributed by atoms with Gasteiger partial charge in [0.2, 0.25) is 5.91 Å². The van der Waals surface area contributed by atoms with Gasteiger partial charge in [0.15, 0.2) is 0 Å². The van der Waals surface area contributed by atoms with Crippen LogP contribution in [-0.2, 0) is 4.79 Å². The Labute approximate surface area is 155 Å². The quantitative estimate of drug-likeness (QED) is 0.825. The van der Waals surface area contributed by atoms with Crippen molar-refractivity contribution in [2.75, 3.05) is 53.5 Å². The summed E-state index contributed by atoms with van der Waals surface area (Å²) in [6.07, 6.45) is 0.839. The van der Waals surface area contributed by atoms with E-state index in [-0.39, 0.29) is 11.8 Å². The van der Waals surface area contributed by atoms with Gasteiger partial charge in [-0.05, 0) is 32.4 Å². The number of nitrogens with one attached hydrogen (secondary N) is 1. The fourth-order valence-corrected chi connectivity index (χ4v) is 3.18. The lowest BCUT2D eigenvalue weighted by Gasteiger charge is -2.22. The predicted octanol–water partition coefficient (Wildman–Crippen LogP) is 1.30. The van der Waals surface area contributed by atoms with E-state index in [1.165, 1.54) is 0 Å². The summed E-state index contributed by atoms with van der Waals surface area (Å²) < 4.78 is 10.7. The molecule has 1 aromatic carbocycles. The zero-order chi connectivity index (χ0) is 19.1. The molecule has 1 aromatic rings. The standard InChI is InChI=1S/C19H29N3O4/c1-5-20-18(23)13-21-7-6-8-22(10-9-21)19(24)15-11-16(25-3)14(2)17(12-15)26-4/h11-12H,5-10,13H2,1-4H3,(H,20,23). The van der Waals surface area contributed by atoms with Crippen molar-refractivity contribution in [3.05, 3.63) is 23.3 Å². The first-order chi connectivity index (χ1) is 12.5. The smallest absolute Gasteiger partial charge is 0.254 e. The Hall–Kier alpha value is -2.28. The van der Waals surface area contributed by atoms with Crippen LogP contribution in [0.25, 0.3) is 0 Å². The number of amides is 2. The van der Waals surface area contributed by atoms with Crippen LogP contribution in [0, 0.1) is 6.92 Å². The summed E-state index contributed by atoms with van der Waals surface area (Å²) >= 11 is 0. The van der Waals surface area contributed by atoms with Gasteiger partial charge in [0.1, 0.15) is 11.5 Å². The summed E-state index contributed by atoms with van der Waals surface area (Å²) in [4.78, 5) is 28.6. The molecule has 7 heteroatoms. The van der Waals surface area contributed by atoms with Crippen LogP contribution in [-0.4, -0.2) is 75.1 Å². The molecule has 0 unspecified atom stereocenters. The molecule has 2 rings (SSSR count). The molecule has 1 N–H and O–H groups in total. The molecule has 0 aliphatic carbocycles. The summed E-state index contributed by atoms with van der Waals surface area (Å²) in [5.74, 6) is 1.27. The lowest BCUT2D eigenvalue weighted by molar-refractivity contribution is -0.122. The molecule has 1 saturated heterocycles. The molecule has 2 amide bonds. The first-order valence-corrected chi connectivity index (χ1v) is 9.01. The minimum Gasteiger partial charge on any atom is -0.496 e. The van der Waals surface area contributed by atoms with Crippen LogP contribution in [0.1, 0.15) is 29.3 Å². The number of carbonyl (C=O) groups is 2. The molecule has 1 aliphatic rings. The van der Waals surface area contributed by atoms with E-state index in [9.17, 15) is 9.59 Å². The highest BCUT2D eigenvalue weighted by atomic mass is 16.5. The zero-order valence-corrected chi connectivity index (χ0v) is 16.1. The number of rotatable bonds is 6. The van der Waals surface area contributed by atoms with Crippen molar-refractivity contribution in [2.24, 2.45) is 0 Å². The van der Waals surface area contributed by atoms with Gasteiger partial charge in [0.05, 0.1) is 20.8 Å². The second kappa shape index (κ2) is 9.43. The van der Waals surface area contributed by atoms with Gasteiger partial charge < -0.3 is 19.7 Å². The van der Waals surface area contributed by atoms with E-state index in [1.807, 2.05) is 18.7 Å². The summed E-state index contributed by atoms with van der Waals surface area (Å²) in [6, 6.07) is 3.52. The molecule has 7 nitrogen and oxygen atoms in total. The second-order valence-corrected chi connectivity index (χ2v) is 6.38. The van der Waals surface area contributed by atoms with Crippen LogP contribution in [0.4, 0.5) is 0 Å². The number of hydrogen-bond acceptors (Lipinski definition) is 5. The zero-order valence-electron chi connectivity index (χ0n) is 16.1. The van der Waals surface area contributed by atoms with Gasteiger partial charge in [-0.3, -0.25) is 14.5 Å². The molecule has 0 bridgehead atoms. The van der Waals surface area contributed by atoms with Crippen LogP contribution >= 0.6 is 0 Å². The normalized spacial score (nSPS) is 15.3. The van der Waals surface area contributed by atoms with E-state index in [2.05, 4.69) is 10.2 Å². The molecule has 0 saturated carbocycles. The minimum absolute atomic E-state index is 0.0280. The average molecular weight is 363 g/mol. The fourth-order valence-electron chi connectivity index (χ4n) is 3.18. The maximum atomic E-state index is 12.9. The van der Waals surface area contributed by atoms with Crippen molar-refractivity contribution in [3.63, 3.8) is 0 Å². The van der Waals surface area contributed by atoms with Crippen molar-refractivity contribution < 1.29 is 19.1 Å². The van der Waals surface area contributed by atoms with Crippen molar-refractivity contribution in [1.29, 1.82) is 0 Å². The largest absolute Gasteiger partial charge is 0.496 e. The van der Waals surface area contributed by atoms with Crippen molar-refractivity contribution in [2.45, 2.75) is 20.3 Å². The third-order valence-electron chi connectivity index (χ3n) is 4.62. The Morgan fingerprint density at radius 2 is 1.73 bits per heavy atom. The number of ether oxygens (including phenoxy) is 2. The molecule has 1 aliphatic heterocycles. The van der Waals surface area contributed by atoms with Gasteiger partial charge >= 0.3 is 0 Å². The minimum atomic E-state index is -0.0403. The first kappa shape index (κ1) is 20.0. The fraction of sp³-hybridized carbons (Fsp3) is 0.579. The van der Waals surface area contributed by atoms with E-state index in [0.717, 1.165) is 18.5 Å². The number of methoxy groups -OCH3 is 2. The van der Waals surface area contributed by atoms with Crippen LogP contribution in [0.2, 0.25) is 0 Å². The molecule has 0 aromatic heterocycles. The number of benzene rings is 1. The molecular weight excluding hydrogens is 334 g/mol. The van der Waals surface area contributed by atoms with Crippen molar-refractivity contribution in [1.82, 2.24) is 15.1 Å². The Morgan fingerprint density at radius 1 is 1.08 bits per heavy atom. The maximum Gasteiger partial charge on any atom is 0.254 e. The van der Waals surface area contributed by atoms with Gasteiger partial charge in [0, 0.05) is 43.9 Å². The Morgan fingerprint density at radius 3 is 2.31 bits per heavy atom. The number of carbonyl (C=O) groups excluding carboxylic acids is 2. The van der Waals surface area contributed by atoms with Gasteiger partial charge in [-0.15, -0.1) is 0 Å². The monoisotopic (exact) mass is 363 g/mol. The summed E-state index contributed by atoms with van der Waals surface area (Å²) in [5, 5.41) is 2.81. The van der Waals surface area contributed by atoms with Gasteiger partial charge in [-0.1, -0.05) is 0 Å². The third-order valence-corrected chi connectivity index (χ3v) is 4.62. The topological polar surface area (TPSA) is 71.1 Å². The lowest BCUT2D eigenvalue weighted by Crippen LogP contribution is -2.40. The predicted molar refractivity (Wildman–Crippen MR) is 99.9 cm³/mol. The number of likely N-dealkylation sites (N-methyl/N-ethyl adjacent to an activating group) is 1. The van der Waals surface area contributed by atoms with Crippen molar-refractivity contribution in [3.8, 4) is 11.5 Å². The van der Waals surface area contributed by atoms with E-state index in [1.54, 1.807) is 26.4 Å². The summed E-state index contributed by atoms with van der Waals surface area (Å²) in [7, 11) is 3.17. The second-order valence-electron chi connectivity index (χ2n) is 6.38. The van der Waals surface area contributed by atoms with Gasteiger partial charge in [0.25, 0.3) is 5.91 Å². The molecule has 144 valence electrons. The number of nitrogens with zero attached hydrogens (tertiary/aromatic N) is 2. The van der Waals surface area contributed by atoms with E-state index in [0.29, 0.717) is 49.8 Å². The van der Waals surface area contributed by atoms with E-state index < -0.39 is 0 Å². The summed E-state index contributed by atoms with van der Waals surface area (Å²) in [6.45, 7) is 7.57. The van der Waals surface area contributed by atoms with Gasteiger partial charge in [-0.2, -0.15) is 0 Å². The molecule has 0 radical (unpaired) electrons. The molecule has 1 fully saturated rings. The first-order valence-electron chi connectivity index (χ1n) is 9.01. The summed E-state index contributed by atoms with van der Waals surface area (Å²) in [5.41, 5.74) is 1.43. The average Bonchev–Trinajstić information content (AvgIpc) is 2.87. The maximum absolute atomic E-state index is 12.9. The van der Waals surface area contributed by atoms with Crippen LogP contribution in [0.5, 0.6) is 11.5 Å². The molecule has 0 spiro atoms. The SMILES string of the molecule is CCNC(=O)CN1CCCN(C(=O)c2cc(OC)c(C)c(OC)c2)CC1. The Kier molecular flexibility index (Phi) is 7.26. The Balaban J connectivity index is 2.07. The van der Waals surface area contributed by atoms with Gasteiger partial charge in [-0.25, -0.2) is 0 Å². The molecule has 1 heterocycles. The van der Waals surface area contributed by atoms with Crippen LogP contribution < -0.4 is 14.8 Å². The molecular formula is C19H29N3O4. The van der Waals surface area contributed by atoms with Crippen LogP contribution in [0.3, 0.4) is 0 Å². The molecule has 26 heavy (non-hydrogen) atoms. The third kappa shape index (κ3) is 4.88. The highest BCUT2D eigenvalue weighted by Crippen LogP contribution is 2.30. The van der Waals surface area contributed by atoms with Crippen LogP contribution in [0.15, 0.2) is 12.1 Å². The molecule has 0 atom stereocenters. The lowest BCUT2D eigenvalue weighted by atomic mass is 10.1. The highest BCUT2D eigenvalue weighted by Gasteiger charge is 2.23. The van der Waals surface area contributed by atoms with Crippen molar-refractivity contribution >= 4 is 11.8 Å². The number of hydrogen-bond donors (Lipinski definition) is 1. The van der Waals surface area contributed by atoms with E-state index >= 15 is 0 Å². The van der Waals surface area contributed by atoms with E-state index in [4.69, 9.17) is 9.47 Å². The highest BCUT2D eigenvalue weighted by molar-refractivity contribution is 5.95.